The van der Waals surface area contributed by atoms with Crippen LogP contribution in [0.5, 0.6) is 0 Å². The first-order valence-electron chi connectivity index (χ1n) is 11.3. The highest BCUT2D eigenvalue weighted by Gasteiger charge is 2.42. The topological polar surface area (TPSA) is 35.6 Å². The number of hydrogen-bond acceptors (Lipinski definition) is 3. The number of halogens is 1. The average molecular weight is 408 g/mol. The number of amides is 1. The van der Waals surface area contributed by atoms with E-state index in [0.29, 0.717) is 11.9 Å². The first kappa shape index (κ1) is 19.4. The molecule has 0 aromatic heterocycles. The van der Waals surface area contributed by atoms with E-state index in [1.54, 1.807) is 12.1 Å². The van der Waals surface area contributed by atoms with Gasteiger partial charge in [-0.2, -0.15) is 0 Å². The van der Waals surface area contributed by atoms with Crippen LogP contribution in [-0.4, -0.2) is 23.9 Å². The second kappa shape index (κ2) is 7.60. The summed E-state index contributed by atoms with van der Waals surface area (Å²) in [7, 11) is 2.01. The lowest BCUT2D eigenvalue weighted by atomic mass is 9.79. The quantitative estimate of drug-likeness (QED) is 0.760. The highest BCUT2D eigenvalue weighted by molar-refractivity contribution is 5.84. The molecule has 5 heteroatoms. The van der Waals surface area contributed by atoms with Crippen LogP contribution in [0.2, 0.25) is 0 Å². The number of allylic oxidation sites excluding steroid dienone is 3. The molecule has 1 aromatic rings. The highest BCUT2D eigenvalue weighted by atomic mass is 19.1. The molecule has 0 unspecified atom stereocenters. The van der Waals surface area contributed by atoms with Crippen molar-refractivity contribution in [3.63, 3.8) is 0 Å². The maximum atomic E-state index is 13.4. The molecule has 1 saturated carbocycles. The van der Waals surface area contributed by atoms with Crippen molar-refractivity contribution >= 4 is 11.6 Å². The van der Waals surface area contributed by atoms with Gasteiger partial charge in [-0.05, 0) is 67.2 Å². The predicted molar refractivity (Wildman–Crippen MR) is 117 cm³/mol. The van der Waals surface area contributed by atoms with Gasteiger partial charge in [0.15, 0.2) is 0 Å². The number of rotatable bonds is 3. The SMILES string of the molecule is C[C@H]1C2=CNN(c3ccc(F)cc3)C2=CC2=C1[C@@H](C(=O)N(C)C1CCCCC1)CC2. The number of hydrazine groups is 1. The molecule has 30 heavy (non-hydrogen) atoms. The summed E-state index contributed by atoms with van der Waals surface area (Å²) >= 11 is 0. The Bertz CT molecular complexity index is 940. The number of hydrogen-bond donors (Lipinski definition) is 1. The summed E-state index contributed by atoms with van der Waals surface area (Å²) < 4.78 is 13.4. The van der Waals surface area contributed by atoms with Crippen molar-refractivity contribution in [2.75, 3.05) is 12.1 Å². The summed E-state index contributed by atoms with van der Waals surface area (Å²) in [4.78, 5) is 15.5. The standard InChI is InChI=1S/C25H30FN3O/c1-16-22-15-27-29(20-11-9-18(26)10-12-20)23(22)14-17-8-13-21(24(16)17)25(30)28(2)19-6-4-3-5-7-19/h9-12,14-16,19,21,27H,3-8,13H2,1-2H3/t16-,21-/m0/s1. The van der Waals surface area contributed by atoms with Crippen LogP contribution in [0.1, 0.15) is 51.9 Å². The average Bonchev–Trinajstić information content (AvgIpc) is 3.39. The number of anilines is 1. The maximum absolute atomic E-state index is 13.4. The Morgan fingerprint density at radius 3 is 2.60 bits per heavy atom. The molecule has 0 spiro atoms. The zero-order valence-electron chi connectivity index (χ0n) is 17.8. The molecule has 3 aliphatic carbocycles. The van der Waals surface area contributed by atoms with Gasteiger partial charge in [0, 0.05) is 30.8 Å². The second-order valence-corrected chi connectivity index (χ2v) is 9.10. The van der Waals surface area contributed by atoms with Crippen LogP contribution in [0, 0.1) is 17.7 Å². The van der Waals surface area contributed by atoms with Crippen LogP contribution < -0.4 is 10.4 Å². The monoisotopic (exact) mass is 407 g/mol. The van der Waals surface area contributed by atoms with Crippen molar-refractivity contribution < 1.29 is 9.18 Å². The summed E-state index contributed by atoms with van der Waals surface area (Å²) in [6.45, 7) is 2.22. The van der Waals surface area contributed by atoms with Crippen molar-refractivity contribution in [2.45, 2.75) is 57.9 Å². The van der Waals surface area contributed by atoms with Crippen LogP contribution in [0.4, 0.5) is 10.1 Å². The molecule has 4 aliphatic rings. The third-order valence-corrected chi connectivity index (χ3v) is 7.43. The van der Waals surface area contributed by atoms with E-state index in [2.05, 4.69) is 23.3 Å². The molecule has 5 rings (SSSR count). The van der Waals surface area contributed by atoms with E-state index in [0.717, 1.165) is 37.1 Å². The minimum atomic E-state index is -0.235. The fraction of sp³-hybridized carbons (Fsp3) is 0.480. The number of carbonyl (C=O) groups is 1. The highest BCUT2D eigenvalue weighted by Crippen LogP contribution is 2.48. The number of carbonyl (C=O) groups excluding carboxylic acids is 1. The molecule has 4 nitrogen and oxygen atoms in total. The van der Waals surface area contributed by atoms with Crippen LogP contribution >= 0.6 is 0 Å². The van der Waals surface area contributed by atoms with Gasteiger partial charge in [-0.3, -0.25) is 9.80 Å². The third-order valence-electron chi connectivity index (χ3n) is 7.43. The molecule has 1 heterocycles. The smallest absolute Gasteiger partial charge is 0.229 e. The molecule has 0 bridgehead atoms. The lowest BCUT2D eigenvalue weighted by molar-refractivity contribution is -0.135. The number of nitrogens with zero attached hydrogens (tertiary/aromatic N) is 2. The normalized spacial score (nSPS) is 26.0. The van der Waals surface area contributed by atoms with Gasteiger partial charge in [0.1, 0.15) is 5.82 Å². The summed E-state index contributed by atoms with van der Waals surface area (Å²) in [6.07, 6.45) is 12.2. The van der Waals surface area contributed by atoms with Crippen molar-refractivity contribution in [1.82, 2.24) is 10.3 Å². The molecule has 1 N–H and O–H groups in total. The van der Waals surface area contributed by atoms with Gasteiger partial charge in [-0.1, -0.05) is 26.2 Å². The van der Waals surface area contributed by atoms with E-state index < -0.39 is 0 Å². The van der Waals surface area contributed by atoms with E-state index >= 15 is 0 Å². The summed E-state index contributed by atoms with van der Waals surface area (Å²) in [6, 6.07) is 6.95. The third kappa shape index (κ3) is 3.15. The number of benzene rings is 1. The molecule has 0 saturated heterocycles. The van der Waals surface area contributed by atoms with E-state index in [4.69, 9.17) is 0 Å². The lowest BCUT2D eigenvalue weighted by Crippen LogP contribution is -2.42. The largest absolute Gasteiger partial charge is 0.342 e. The maximum Gasteiger partial charge on any atom is 0.229 e. The fourth-order valence-electron chi connectivity index (χ4n) is 5.75. The lowest BCUT2D eigenvalue weighted by Gasteiger charge is -2.35. The van der Waals surface area contributed by atoms with E-state index in [1.165, 1.54) is 48.1 Å². The second-order valence-electron chi connectivity index (χ2n) is 9.10. The van der Waals surface area contributed by atoms with Crippen molar-refractivity contribution in [1.29, 1.82) is 0 Å². The molecule has 1 fully saturated rings. The molecular formula is C25H30FN3O. The van der Waals surface area contributed by atoms with Gasteiger partial charge >= 0.3 is 0 Å². The Labute approximate surface area is 178 Å². The fourth-order valence-corrected chi connectivity index (χ4v) is 5.75. The van der Waals surface area contributed by atoms with E-state index in [1.807, 2.05) is 18.3 Å². The Balaban J connectivity index is 1.41. The molecule has 158 valence electrons. The van der Waals surface area contributed by atoms with Crippen molar-refractivity contribution in [2.24, 2.45) is 11.8 Å². The van der Waals surface area contributed by atoms with Gasteiger partial charge in [0.05, 0.1) is 17.3 Å². The Morgan fingerprint density at radius 1 is 1.13 bits per heavy atom. The zero-order valence-corrected chi connectivity index (χ0v) is 17.8. The molecule has 2 atom stereocenters. The zero-order chi connectivity index (χ0) is 20.8. The molecule has 0 radical (unpaired) electrons. The Hall–Kier alpha value is -2.56. The molecule has 1 aliphatic heterocycles. The first-order chi connectivity index (χ1) is 14.5. The van der Waals surface area contributed by atoms with E-state index in [-0.39, 0.29) is 17.7 Å². The Morgan fingerprint density at radius 2 is 1.87 bits per heavy atom. The predicted octanol–water partition coefficient (Wildman–Crippen LogP) is 5.07. The molecule has 1 amide bonds. The van der Waals surface area contributed by atoms with Crippen LogP contribution in [0.25, 0.3) is 0 Å². The first-order valence-corrected chi connectivity index (χ1v) is 11.3. The minimum Gasteiger partial charge on any atom is -0.342 e. The van der Waals surface area contributed by atoms with Gasteiger partial charge in [0.25, 0.3) is 0 Å². The van der Waals surface area contributed by atoms with Gasteiger partial charge in [-0.15, -0.1) is 0 Å². The molecular weight excluding hydrogens is 377 g/mol. The van der Waals surface area contributed by atoms with Crippen LogP contribution in [0.15, 0.2) is 59.0 Å². The van der Waals surface area contributed by atoms with Crippen molar-refractivity contribution in [3.05, 3.63) is 64.8 Å². The van der Waals surface area contributed by atoms with Crippen LogP contribution in [-0.2, 0) is 4.79 Å². The van der Waals surface area contributed by atoms with Gasteiger partial charge < -0.3 is 10.3 Å². The van der Waals surface area contributed by atoms with E-state index in [9.17, 15) is 9.18 Å². The summed E-state index contributed by atoms with van der Waals surface area (Å²) in [5.41, 5.74) is 9.17. The Kier molecular flexibility index (Phi) is 4.92. The number of nitrogens with one attached hydrogen (secondary N) is 1. The molecule has 1 aromatic carbocycles. The number of fused-ring (bicyclic) bond motifs is 1. The summed E-state index contributed by atoms with van der Waals surface area (Å²) in [5, 5.41) is 2.01. The minimum absolute atomic E-state index is 0.000461. The van der Waals surface area contributed by atoms with Gasteiger partial charge in [0.2, 0.25) is 5.91 Å². The van der Waals surface area contributed by atoms with Gasteiger partial charge in [-0.25, -0.2) is 4.39 Å². The summed E-state index contributed by atoms with van der Waals surface area (Å²) in [5.74, 6) is 0.272. The van der Waals surface area contributed by atoms with Crippen molar-refractivity contribution in [3.8, 4) is 0 Å². The van der Waals surface area contributed by atoms with Crippen LogP contribution in [0.3, 0.4) is 0 Å².